The van der Waals surface area contributed by atoms with E-state index >= 15 is 0 Å². The van der Waals surface area contributed by atoms with Crippen molar-refractivity contribution in [1.82, 2.24) is 0 Å². The summed E-state index contributed by atoms with van der Waals surface area (Å²) in [6.45, 7) is 5.09. The second-order valence-corrected chi connectivity index (χ2v) is 9.98. The van der Waals surface area contributed by atoms with Crippen LogP contribution in [0, 0.1) is 12.7 Å². The number of carbonyl (C=O) groups excluding carboxylic acids is 1. The van der Waals surface area contributed by atoms with Crippen molar-refractivity contribution in [1.29, 1.82) is 0 Å². The summed E-state index contributed by atoms with van der Waals surface area (Å²) in [5.74, 6) is -1.31. The summed E-state index contributed by atoms with van der Waals surface area (Å²) in [5.41, 5.74) is 9.87. The molecule has 2 aromatic rings. The van der Waals surface area contributed by atoms with Gasteiger partial charge in [0.25, 0.3) is 14.3 Å². The molecule has 2 aromatic carbocycles. The lowest BCUT2D eigenvalue weighted by molar-refractivity contribution is -0.139. The van der Waals surface area contributed by atoms with E-state index in [1.54, 1.807) is 6.92 Å². The molecule has 1 aliphatic heterocycles. The predicted octanol–water partition coefficient (Wildman–Crippen LogP) is 4.46. The molecule has 1 saturated heterocycles. The Morgan fingerprint density at radius 3 is 2.03 bits per heavy atom. The third-order valence-corrected chi connectivity index (χ3v) is 5.42. The van der Waals surface area contributed by atoms with E-state index in [0.717, 1.165) is 25.3 Å². The number of nitrogens with two attached hydrogens (primary N) is 2. The van der Waals surface area contributed by atoms with E-state index in [-0.39, 0.29) is 21.7 Å². The first kappa shape index (κ1) is 28.1. The van der Waals surface area contributed by atoms with Gasteiger partial charge in [0.1, 0.15) is 5.82 Å². The number of halogens is 6. The van der Waals surface area contributed by atoms with Crippen LogP contribution in [0.3, 0.4) is 0 Å². The zero-order valence-electron chi connectivity index (χ0n) is 16.8. The topological polar surface area (TPSA) is 112 Å². The molecular formula is C19H20Cl2F4N2O4S. The molecule has 0 atom stereocenters. The highest BCUT2D eigenvalue weighted by Gasteiger charge is 2.34. The van der Waals surface area contributed by atoms with Crippen molar-refractivity contribution >= 4 is 42.3 Å². The Hall–Kier alpha value is -1.92. The molecule has 1 aliphatic rings. The largest absolute Gasteiger partial charge is 0.419 e. The molecular weight excluding hydrogens is 499 g/mol. The minimum atomic E-state index is -4.68. The average molecular weight is 519 g/mol. The van der Waals surface area contributed by atoms with Crippen molar-refractivity contribution in [2.75, 3.05) is 18.9 Å². The van der Waals surface area contributed by atoms with Gasteiger partial charge in [0, 0.05) is 21.9 Å². The molecule has 0 spiro atoms. The first-order valence-corrected chi connectivity index (χ1v) is 11.4. The molecule has 0 bridgehead atoms. The van der Waals surface area contributed by atoms with Crippen LogP contribution >= 0.6 is 22.3 Å². The van der Waals surface area contributed by atoms with E-state index in [9.17, 15) is 30.8 Å². The Balaban J connectivity index is 0.000000257. The zero-order chi connectivity index (χ0) is 24.9. The van der Waals surface area contributed by atoms with Gasteiger partial charge in [-0.15, -0.1) is 0 Å². The Morgan fingerprint density at radius 2 is 1.69 bits per heavy atom. The number of hydrogen-bond donors (Lipinski definition) is 2. The molecule has 0 amide bonds. The van der Waals surface area contributed by atoms with Crippen LogP contribution in [0.5, 0.6) is 0 Å². The smallest absolute Gasteiger partial charge is 0.399 e. The normalized spacial score (nSPS) is 14.8. The summed E-state index contributed by atoms with van der Waals surface area (Å²) in [4.78, 5) is 10.7. The van der Waals surface area contributed by atoms with Crippen LogP contribution in [0.15, 0.2) is 41.3 Å². The molecule has 13 heteroatoms. The molecule has 0 unspecified atom stereocenters. The summed E-state index contributed by atoms with van der Waals surface area (Å²) in [6.07, 6.45) is -4.68. The predicted molar refractivity (Wildman–Crippen MR) is 114 cm³/mol. The minimum Gasteiger partial charge on any atom is -0.399 e. The van der Waals surface area contributed by atoms with E-state index in [1.165, 1.54) is 12.1 Å². The number of rotatable bonds is 2. The van der Waals surface area contributed by atoms with Gasteiger partial charge in [0.15, 0.2) is 0 Å². The Labute approximate surface area is 191 Å². The maximum absolute atomic E-state index is 12.5. The number of benzene rings is 2. The van der Waals surface area contributed by atoms with Gasteiger partial charge in [0.05, 0.1) is 29.2 Å². The second kappa shape index (κ2) is 10.8. The Bertz CT molecular complexity index is 1070. The fourth-order valence-electron chi connectivity index (χ4n) is 2.15. The van der Waals surface area contributed by atoms with Gasteiger partial charge in [-0.1, -0.05) is 6.07 Å². The van der Waals surface area contributed by atoms with Crippen LogP contribution in [0.25, 0.3) is 0 Å². The molecule has 0 radical (unpaired) electrons. The summed E-state index contributed by atoms with van der Waals surface area (Å²) in [7, 11) is 1.29. The molecule has 3 rings (SSSR count). The van der Waals surface area contributed by atoms with Crippen LogP contribution in [0.2, 0.25) is 0 Å². The van der Waals surface area contributed by atoms with Crippen molar-refractivity contribution in [3.63, 3.8) is 0 Å². The SMILES string of the molecule is CC1(N)COC1.Cc1ccc(S(=O)(=O)Cl)cc1C(=O)Cl.Nc1ccc(F)c(C(F)(F)F)c1. The van der Waals surface area contributed by atoms with Crippen LogP contribution in [-0.2, 0) is 20.0 Å². The molecule has 1 heterocycles. The molecule has 178 valence electrons. The van der Waals surface area contributed by atoms with Crippen LogP contribution in [0.1, 0.15) is 28.4 Å². The number of nitrogen functional groups attached to an aromatic ring is 1. The third kappa shape index (κ3) is 8.91. The van der Waals surface area contributed by atoms with E-state index in [0.29, 0.717) is 17.7 Å². The van der Waals surface area contributed by atoms with E-state index < -0.39 is 31.9 Å². The molecule has 32 heavy (non-hydrogen) atoms. The first-order valence-electron chi connectivity index (χ1n) is 8.68. The molecule has 6 nitrogen and oxygen atoms in total. The van der Waals surface area contributed by atoms with Gasteiger partial charge in [0.2, 0.25) is 0 Å². The van der Waals surface area contributed by atoms with E-state index in [4.69, 9.17) is 38.5 Å². The van der Waals surface area contributed by atoms with E-state index in [1.807, 2.05) is 6.92 Å². The summed E-state index contributed by atoms with van der Waals surface area (Å²) in [6, 6.07) is 6.29. The van der Waals surface area contributed by atoms with Gasteiger partial charge in [-0.25, -0.2) is 12.8 Å². The fourth-order valence-corrected chi connectivity index (χ4v) is 3.13. The first-order chi connectivity index (χ1) is 14.4. The minimum absolute atomic E-state index is 0. The number of alkyl halides is 3. The molecule has 0 saturated carbocycles. The van der Waals surface area contributed by atoms with Gasteiger partial charge >= 0.3 is 6.18 Å². The zero-order valence-corrected chi connectivity index (χ0v) is 19.2. The summed E-state index contributed by atoms with van der Waals surface area (Å²) in [5, 5.41) is -0.704. The molecule has 4 N–H and O–H groups in total. The lowest BCUT2D eigenvalue weighted by atomic mass is 10.0. The van der Waals surface area contributed by atoms with Gasteiger partial charge in [-0.2, -0.15) is 13.2 Å². The highest BCUT2D eigenvalue weighted by molar-refractivity contribution is 8.13. The van der Waals surface area contributed by atoms with Crippen LogP contribution in [0.4, 0.5) is 23.2 Å². The molecule has 0 aromatic heterocycles. The maximum atomic E-state index is 12.5. The van der Waals surface area contributed by atoms with Crippen molar-refractivity contribution < 1.29 is 35.5 Å². The summed E-state index contributed by atoms with van der Waals surface area (Å²) >= 11 is 5.25. The number of hydrogen-bond acceptors (Lipinski definition) is 6. The van der Waals surface area contributed by atoms with Crippen molar-refractivity contribution in [3.05, 3.63) is 58.9 Å². The van der Waals surface area contributed by atoms with Crippen LogP contribution in [-0.4, -0.2) is 32.4 Å². The van der Waals surface area contributed by atoms with Gasteiger partial charge < -0.3 is 16.2 Å². The number of carbonyl (C=O) groups is 1. The maximum Gasteiger partial charge on any atom is 0.419 e. The quantitative estimate of drug-likeness (QED) is 0.344. The molecule has 0 aliphatic carbocycles. The monoisotopic (exact) mass is 518 g/mol. The molecule has 1 fully saturated rings. The van der Waals surface area contributed by atoms with E-state index in [2.05, 4.69) is 0 Å². The van der Waals surface area contributed by atoms with Crippen LogP contribution < -0.4 is 11.5 Å². The lowest BCUT2D eigenvalue weighted by Crippen LogP contribution is -2.54. The number of ether oxygens (including phenoxy) is 1. The fraction of sp³-hybridized carbons (Fsp3) is 0.316. The van der Waals surface area contributed by atoms with Crippen molar-refractivity contribution in [2.45, 2.75) is 30.5 Å². The lowest BCUT2D eigenvalue weighted by Gasteiger charge is -2.33. The van der Waals surface area contributed by atoms with Crippen molar-refractivity contribution in [3.8, 4) is 0 Å². The highest BCUT2D eigenvalue weighted by Crippen LogP contribution is 2.32. The van der Waals surface area contributed by atoms with Gasteiger partial charge in [-0.05, 0) is 61.3 Å². The Morgan fingerprint density at radius 1 is 1.16 bits per heavy atom. The standard InChI is InChI=1S/C8H6Cl2O3S.C7H5F4N.C4H9NO/c1-5-2-3-6(14(10,12)13)4-7(5)8(9)11;8-6-2-1-4(12)3-5(6)7(9,10)11;1-4(5)2-6-3-4/h2-4H,1H3;1-3H,12H2;2-3,5H2,1H3. The number of anilines is 1. The second-order valence-electron chi connectivity index (χ2n) is 7.07. The summed E-state index contributed by atoms with van der Waals surface area (Å²) < 4.78 is 75.0. The Kier molecular flexibility index (Phi) is 9.49. The third-order valence-electron chi connectivity index (χ3n) is 3.86. The number of aryl methyl sites for hydroxylation is 1. The average Bonchev–Trinajstić information content (AvgIpc) is 2.62. The van der Waals surface area contributed by atoms with Crippen molar-refractivity contribution in [2.24, 2.45) is 5.73 Å². The van der Waals surface area contributed by atoms with Gasteiger partial charge in [-0.3, -0.25) is 4.79 Å². The highest BCUT2D eigenvalue weighted by atomic mass is 35.7.